The summed E-state index contributed by atoms with van der Waals surface area (Å²) in [6.07, 6.45) is 1.63. The van der Waals surface area contributed by atoms with Crippen LogP contribution in [0.2, 0.25) is 0 Å². The third kappa shape index (κ3) is 4.15. The Hall–Kier alpha value is -1.66. The van der Waals surface area contributed by atoms with E-state index in [1.807, 2.05) is 6.92 Å². The van der Waals surface area contributed by atoms with E-state index >= 15 is 0 Å². The number of piperazine rings is 1. The quantitative estimate of drug-likeness (QED) is 0.854. The first-order valence-electron chi connectivity index (χ1n) is 7.36. The molecule has 1 aromatic heterocycles. The Kier molecular flexibility index (Phi) is 5.52. The van der Waals surface area contributed by atoms with Gasteiger partial charge in [-0.2, -0.15) is 0 Å². The van der Waals surface area contributed by atoms with E-state index in [2.05, 4.69) is 34.2 Å². The first kappa shape index (κ1) is 15.7. The minimum Gasteiger partial charge on any atom is -0.477 e. The molecule has 1 unspecified atom stereocenters. The third-order valence-corrected chi connectivity index (χ3v) is 3.78. The van der Waals surface area contributed by atoms with Gasteiger partial charge in [0.15, 0.2) is 0 Å². The van der Waals surface area contributed by atoms with Gasteiger partial charge in [0.1, 0.15) is 5.56 Å². The van der Waals surface area contributed by atoms with E-state index in [4.69, 9.17) is 4.74 Å². The standard InChI is InChI=1S/C15H24N4O2/c1-4-21-15-13(6-5-7-16-15)14(20)17-10-12-11-18(2)8-9-19(12)3/h5-7,12H,4,8-11H2,1-3H3,(H,17,20). The Morgan fingerprint density at radius 2 is 2.29 bits per heavy atom. The molecule has 21 heavy (non-hydrogen) atoms. The van der Waals surface area contributed by atoms with Crippen molar-refractivity contribution in [1.82, 2.24) is 20.1 Å². The molecule has 6 heteroatoms. The van der Waals surface area contributed by atoms with E-state index in [1.165, 1.54) is 0 Å². The van der Waals surface area contributed by atoms with Gasteiger partial charge in [0.05, 0.1) is 6.61 Å². The number of aromatic nitrogens is 1. The molecule has 1 aromatic rings. The highest BCUT2D eigenvalue weighted by atomic mass is 16.5. The summed E-state index contributed by atoms with van der Waals surface area (Å²) >= 11 is 0. The van der Waals surface area contributed by atoms with Gasteiger partial charge in [-0.25, -0.2) is 4.98 Å². The SMILES string of the molecule is CCOc1ncccc1C(=O)NCC1CN(C)CCN1C. The first-order valence-corrected chi connectivity index (χ1v) is 7.36. The molecular weight excluding hydrogens is 268 g/mol. The summed E-state index contributed by atoms with van der Waals surface area (Å²) in [5.74, 6) is 0.264. The van der Waals surface area contributed by atoms with Crippen molar-refractivity contribution >= 4 is 5.91 Å². The Morgan fingerprint density at radius 1 is 1.48 bits per heavy atom. The summed E-state index contributed by atoms with van der Waals surface area (Å²) in [6, 6.07) is 3.82. The van der Waals surface area contributed by atoms with E-state index in [1.54, 1.807) is 18.3 Å². The lowest BCUT2D eigenvalue weighted by molar-refractivity contribution is 0.0877. The van der Waals surface area contributed by atoms with Crippen molar-refractivity contribution in [2.75, 3.05) is 46.9 Å². The summed E-state index contributed by atoms with van der Waals surface area (Å²) in [6.45, 7) is 6.05. The largest absolute Gasteiger partial charge is 0.477 e. The van der Waals surface area contributed by atoms with E-state index in [-0.39, 0.29) is 5.91 Å². The summed E-state index contributed by atoms with van der Waals surface area (Å²) in [5.41, 5.74) is 0.492. The Balaban J connectivity index is 1.95. The van der Waals surface area contributed by atoms with Gasteiger partial charge in [-0.05, 0) is 33.2 Å². The molecule has 0 bridgehead atoms. The van der Waals surface area contributed by atoms with Crippen LogP contribution in [0.1, 0.15) is 17.3 Å². The van der Waals surface area contributed by atoms with Crippen LogP contribution < -0.4 is 10.1 Å². The molecule has 1 aliphatic heterocycles. The number of ether oxygens (including phenoxy) is 1. The molecule has 1 N–H and O–H groups in total. The zero-order valence-electron chi connectivity index (χ0n) is 13.0. The van der Waals surface area contributed by atoms with Crippen LogP contribution in [0.3, 0.4) is 0 Å². The monoisotopic (exact) mass is 292 g/mol. The number of rotatable bonds is 5. The van der Waals surface area contributed by atoms with Crippen molar-refractivity contribution in [2.24, 2.45) is 0 Å². The molecule has 1 aliphatic rings. The van der Waals surface area contributed by atoms with Gasteiger partial charge >= 0.3 is 0 Å². The van der Waals surface area contributed by atoms with Crippen LogP contribution in [-0.2, 0) is 0 Å². The lowest BCUT2D eigenvalue weighted by Crippen LogP contribution is -2.54. The van der Waals surface area contributed by atoms with Gasteiger partial charge in [0, 0.05) is 38.4 Å². The molecule has 0 radical (unpaired) electrons. The molecule has 0 spiro atoms. The molecule has 1 amide bonds. The van der Waals surface area contributed by atoms with E-state index in [0.717, 1.165) is 19.6 Å². The number of nitrogens with one attached hydrogen (secondary N) is 1. The fourth-order valence-corrected chi connectivity index (χ4v) is 2.44. The molecule has 2 heterocycles. The van der Waals surface area contributed by atoms with Gasteiger partial charge in [-0.1, -0.05) is 0 Å². The van der Waals surface area contributed by atoms with Gasteiger partial charge in [-0.3, -0.25) is 9.69 Å². The van der Waals surface area contributed by atoms with E-state index < -0.39 is 0 Å². The van der Waals surface area contributed by atoms with Crippen LogP contribution in [0.15, 0.2) is 18.3 Å². The normalized spacial score (nSPS) is 20.2. The zero-order valence-corrected chi connectivity index (χ0v) is 13.0. The molecule has 116 valence electrons. The Morgan fingerprint density at radius 3 is 3.05 bits per heavy atom. The number of amides is 1. The minimum absolute atomic E-state index is 0.131. The maximum absolute atomic E-state index is 12.3. The molecular formula is C15H24N4O2. The second-order valence-corrected chi connectivity index (χ2v) is 5.40. The predicted molar refractivity (Wildman–Crippen MR) is 81.7 cm³/mol. The molecule has 0 saturated carbocycles. The van der Waals surface area contributed by atoms with Crippen molar-refractivity contribution in [1.29, 1.82) is 0 Å². The molecule has 0 aromatic carbocycles. The fourth-order valence-electron chi connectivity index (χ4n) is 2.44. The Bertz CT molecular complexity index is 480. The maximum Gasteiger partial charge on any atom is 0.256 e. The van der Waals surface area contributed by atoms with Crippen molar-refractivity contribution in [3.05, 3.63) is 23.9 Å². The topological polar surface area (TPSA) is 57.7 Å². The molecule has 1 fully saturated rings. The summed E-state index contributed by atoms with van der Waals surface area (Å²) in [5, 5.41) is 2.99. The average Bonchev–Trinajstić information content (AvgIpc) is 2.49. The van der Waals surface area contributed by atoms with Crippen molar-refractivity contribution in [3.63, 3.8) is 0 Å². The summed E-state index contributed by atoms with van der Waals surface area (Å²) in [7, 11) is 4.20. The van der Waals surface area contributed by atoms with E-state index in [0.29, 0.717) is 30.6 Å². The summed E-state index contributed by atoms with van der Waals surface area (Å²) < 4.78 is 5.40. The van der Waals surface area contributed by atoms with Crippen molar-refractivity contribution < 1.29 is 9.53 Å². The number of pyridine rings is 1. The minimum atomic E-state index is -0.131. The average molecular weight is 292 g/mol. The molecule has 2 rings (SSSR count). The number of hydrogen-bond acceptors (Lipinski definition) is 5. The predicted octanol–water partition coefficient (Wildman–Crippen LogP) is 0.456. The number of carbonyl (C=O) groups is 1. The number of likely N-dealkylation sites (N-methyl/N-ethyl adjacent to an activating group) is 2. The molecule has 0 aliphatic carbocycles. The van der Waals surface area contributed by atoms with Crippen molar-refractivity contribution in [3.8, 4) is 5.88 Å². The van der Waals surface area contributed by atoms with Gasteiger partial charge in [-0.15, -0.1) is 0 Å². The number of hydrogen-bond donors (Lipinski definition) is 1. The van der Waals surface area contributed by atoms with Crippen LogP contribution in [0.5, 0.6) is 5.88 Å². The van der Waals surface area contributed by atoms with Crippen LogP contribution in [-0.4, -0.2) is 73.6 Å². The second-order valence-electron chi connectivity index (χ2n) is 5.40. The summed E-state index contributed by atoms with van der Waals surface area (Å²) in [4.78, 5) is 21.0. The second kappa shape index (κ2) is 7.38. The highest BCUT2D eigenvalue weighted by molar-refractivity contribution is 5.96. The third-order valence-electron chi connectivity index (χ3n) is 3.78. The van der Waals surface area contributed by atoms with Crippen LogP contribution >= 0.6 is 0 Å². The highest BCUT2D eigenvalue weighted by Gasteiger charge is 2.23. The van der Waals surface area contributed by atoms with Crippen LogP contribution in [0.4, 0.5) is 0 Å². The van der Waals surface area contributed by atoms with E-state index in [9.17, 15) is 4.79 Å². The van der Waals surface area contributed by atoms with Crippen LogP contribution in [0.25, 0.3) is 0 Å². The lowest BCUT2D eigenvalue weighted by Gasteiger charge is -2.37. The van der Waals surface area contributed by atoms with Crippen molar-refractivity contribution in [2.45, 2.75) is 13.0 Å². The zero-order chi connectivity index (χ0) is 15.2. The first-order chi connectivity index (χ1) is 10.1. The number of nitrogens with zero attached hydrogens (tertiary/aromatic N) is 3. The van der Waals surface area contributed by atoms with Gasteiger partial charge in [0.2, 0.25) is 5.88 Å². The molecule has 1 saturated heterocycles. The fraction of sp³-hybridized carbons (Fsp3) is 0.600. The smallest absolute Gasteiger partial charge is 0.256 e. The lowest BCUT2D eigenvalue weighted by atomic mass is 10.1. The van der Waals surface area contributed by atoms with Gasteiger partial charge < -0.3 is 15.0 Å². The Labute approximate surface area is 126 Å². The molecule has 6 nitrogen and oxygen atoms in total. The number of carbonyl (C=O) groups excluding carboxylic acids is 1. The highest BCUT2D eigenvalue weighted by Crippen LogP contribution is 2.14. The maximum atomic E-state index is 12.3. The van der Waals surface area contributed by atoms with Gasteiger partial charge in [0.25, 0.3) is 5.91 Å². The van der Waals surface area contributed by atoms with Crippen LogP contribution in [0, 0.1) is 0 Å². The molecule has 1 atom stereocenters.